The van der Waals surface area contributed by atoms with E-state index in [2.05, 4.69) is 5.32 Å². The Hall–Kier alpha value is -2.81. The molecule has 0 saturated carbocycles. The summed E-state index contributed by atoms with van der Waals surface area (Å²) in [4.78, 5) is 12.0. The Morgan fingerprint density at radius 1 is 0.952 bits per heavy atom. The Morgan fingerprint density at radius 2 is 1.57 bits per heavy atom. The number of carbonyl (C=O) groups excluding carboxylic acids is 1. The second kappa shape index (κ2) is 5.67. The molecule has 1 heterocycles. The zero-order valence-corrected chi connectivity index (χ0v) is 11.4. The highest BCUT2D eigenvalue weighted by molar-refractivity contribution is 6.01. The second-order valence-electron chi connectivity index (χ2n) is 4.91. The molecule has 2 aromatic rings. The van der Waals surface area contributed by atoms with Crippen LogP contribution in [0, 0.1) is 0 Å². The van der Waals surface area contributed by atoms with Crippen LogP contribution in [0.2, 0.25) is 0 Å². The van der Waals surface area contributed by atoms with Crippen LogP contribution in [-0.4, -0.2) is 11.0 Å². The number of amides is 1. The van der Waals surface area contributed by atoms with Crippen molar-refractivity contribution in [2.24, 2.45) is 0 Å². The summed E-state index contributed by atoms with van der Waals surface area (Å²) in [5.41, 5.74) is 2.79. The van der Waals surface area contributed by atoms with E-state index in [0.29, 0.717) is 17.7 Å². The van der Waals surface area contributed by atoms with Gasteiger partial charge in [-0.05, 0) is 17.2 Å². The minimum absolute atomic E-state index is 0.0349. The molecule has 1 amide bonds. The lowest BCUT2D eigenvalue weighted by Gasteiger charge is -2.00. The van der Waals surface area contributed by atoms with Gasteiger partial charge in [0, 0.05) is 6.42 Å². The molecule has 0 saturated heterocycles. The van der Waals surface area contributed by atoms with Crippen molar-refractivity contribution in [1.82, 2.24) is 5.32 Å². The largest absolute Gasteiger partial charge is 0.505 e. The summed E-state index contributed by atoms with van der Waals surface area (Å²) in [7, 11) is 0. The number of aliphatic hydroxyl groups is 1. The standard InChI is InChI=1S/C18H15NO2/c20-17-15(11-13-7-3-1-4-8-13)18(21)19-16(17)12-14-9-5-2-6-10-14/h1-10,12,20H,11H2,(H,19,21)/b16-12+. The zero-order chi connectivity index (χ0) is 14.7. The number of aliphatic hydroxyl groups excluding tert-OH is 1. The molecular weight excluding hydrogens is 262 g/mol. The van der Waals surface area contributed by atoms with Gasteiger partial charge in [0.05, 0.1) is 11.3 Å². The summed E-state index contributed by atoms with van der Waals surface area (Å²) >= 11 is 0. The van der Waals surface area contributed by atoms with Gasteiger partial charge in [-0.2, -0.15) is 0 Å². The minimum atomic E-state index is -0.237. The topological polar surface area (TPSA) is 49.3 Å². The third-order valence-corrected chi connectivity index (χ3v) is 3.40. The smallest absolute Gasteiger partial charge is 0.255 e. The summed E-state index contributed by atoms with van der Waals surface area (Å²) in [6, 6.07) is 19.2. The number of hydrogen-bond acceptors (Lipinski definition) is 2. The fourth-order valence-corrected chi connectivity index (χ4v) is 2.31. The predicted octanol–water partition coefficient (Wildman–Crippen LogP) is 3.21. The maximum atomic E-state index is 12.0. The molecule has 0 radical (unpaired) electrons. The molecule has 1 aliphatic rings. The van der Waals surface area contributed by atoms with Crippen LogP contribution in [0.15, 0.2) is 77.7 Å². The van der Waals surface area contributed by atoms with Crippen LogP contribution in [0.5, 0.6) is 0 Å². The molecule has 21 heavy (non-hydrogen) atoms. The summed E-state index contributed by atoms with van der Waals surface area (Å²) < 4.78 is 0. The zero-order valence-electron chi connectivity index (χ0n) is 11.4. The first kappa shape index (κ1) is 13.2. The Kier molecular flexibility index (Phi) is 3.56. The van der Waals surface area contributed by atoms with Gasteiger partial charge in [0.25, 0.3) is 5.91 Å². The SMILES string of the molecule is O=C1N/C(=C/c2ccccc2)C(O)=C1Cc1ccccc1. The monoisotopic (exact) mass is 277 g/mol. The van der Waals surface area contributed by atoms with Gasteiger partial charge in [-0.3, -0.25) is 4.79 Å². The number of benzene rings is 2. The highest BCUT2D eigenvalue weighted by atomic mass is 16.3. The average Bonchev–Trinajstić information content (AvgIpc) is 2.77. The Balaban J connectivity index is 1.90. The Morgan fingerprint density at radius 3 is 2.24 bits per heavy atom. The van der Waals surface area contributed by atoms with Crippen molar-refractivity contribution in [2.75, 3.05) is 0 Å². The molecule has 0 atom stereocenters. The van der Waals surface area contributed by atoms with Crippen molar-refractivity contribution in [3.05, 3.63) is 88.8 Å². The molecule has 104 valence electrons. The first-order chi connectivity index (χ1) is 10.2. The van der Waals surface area contributed by atoms with E-state index < -0.39 is 0 Å². The van der Waals surface area contributed by atoms with Crippen molar-refractivity contribution in [2.45, 2.75) is 6.42 Å². The van der Waals surface area contributed by atoms with Crippen molar-refractivity contribution < 1.29 is 9.90 Å². The molecule has 2 aromatic carbocycles. The number of nitrogens with one attached hydrogen (secondary N) is 1. The van der Waals surface area contributed by atoms with Gasteiger partial charge in [-0.25, -0.2) is 0 Å². The second-order valence-corrected chi connectivity index (χ2v) is 4.91. The van der Waals surface area contributed by atoms with Gasteiger partial charge in [0.15, 0.2) is 0 Å². The van der Waals surface area contributed by atoms with Crippen LogP contribution in [0.4, 0.5) is 0 Å². The normalized spacial score (nSPS) is 16.4. The molecule has 2 N–H and O–H groups in total. The van der Waals surface area contributed by atoms with E-state index in [0.717, 1.165) is 11.1 Å². The van der Waals surface area contributed by atoms with E-state index in [-0.39, 0.29) is 11.7 Å². The third kappa shape index (κ3) is 2.87. The van der Waals surface area contributed by atoms with Gasteiger partial charge >= 0.3 is 0 Å². The lowest BCUT2D eigenvalue weighted by atomic mass is 10.0. The van der Waals surface area contributed by atoms with Crippen LogP contribution in [0.1, 0.15) is 11.1 Å². The van der Waals surface area contributed by atoms with Crippen LogP contribution in [-0.2, 0) is 11.2 Å². The van der Waals surface area contributed by atoms with E-state index >= 15 is 0 Å². The summed E-state index contributed by atoms with van der Waals surface area (Å²) in [6.07, 6.45) is 2.19. The minimum Gasteiger partial charge on any atom is -0.505 e. The van der Waals surface area contributed by atoms with Gasteiger partial charge in [0.2, 0.25) is 0 Å². The van der Waals surface area contributed by atoms with E-state index in [1.165, 1.54) is 0 Å². The van der Waals surface area contributed by atoms with Crippen molar-refractivity contribution in [3.63, 3.8) is 0 Å². The fourth-order valence-electron chi connectivity index (χ4n) is 2.31. The van der Waals surface area contributed by atoms with Gasteiger partial charge in [-0.1, -0.05) is 60.7 Å². The predicted molar refractivity (Wildman–Crippen MR) is 82.4 cm³/mol. The van der Waals surface area contributed by atoms with Gasteiger partial charge in [0.1, 0.15) is 5.76 Å². The maximum absolute atomic E-state index is 12.0. The van der Waals surface area contributed by atoms with Gasteiger partial charge in [-0.15, -0.1) is 0 Å². The van der Waals surface area contributed by atoms with E-state index in [1.807, 2.05) is 60.7 Å². The molecule has 0 aromatic heterocycles. The van der Waals surface area contributed by atoms with Crippen molar-refractivity contribution >= 4 is 12.0 Å². The molecule has 0 fully saturated rings. The summed E-state index contributed by atoms with van der Waals surface area (Å²) in [5, 5.41) is 13.0. The van der Waals surface area contributed by atoms with Crippen molar-refractivity contribution in [1.29, 1.82) is 0 Å². The Labute approximate surface area is 123 Å². The highest BCUT2D eigenvalue weighted by Crippen LogP contribution is 2.23. The summed E-state index contributed by atoms with van der Waals surface area (Å²) in [5.74, 6) is -0.203. The molecule has 3 rings (SSSR count). The average molecular weight is 277 g/mol. The molecule has 3 nitrogen and oxygen atoms in total. The van der Waals surface area contributed by atoms with Gasteiger partial charge < -0.3 is 10.4 Å². The van der Waals surface area contributed by atoms with E-state index in [1.54, 1.807) is 6.08 Å². The first-order valence-corrected chi connectivity index (χ1v) is 6.78. The molecule has 3 heteroatoms. The molecular formula is C18H15NO2. The highest BCUT2D eigenvalue weighted by Gasteiger charge is 2.26. The van der Waals surface area contributed by atoms with Crippen molar-refractivity contribution in [3.8, 4) is 0 Å². The lowest BCUT2D eigenvalue weighted by molar-refractivity contribution is -0.116. The number of rotatable bonds is 3. The van der Waals surface area contributed by atoms with Crippen LogP contribution in [0.25, 0.3) is 6.08 Å². The first-order valence-electron chi connectivity index (χ1n) is 6.78. The van der Waals surface area contributed by atoms with Crippen LogP contribution in [0.3, 0.4) is 0 Å². The lowest BCUT2D eigenvalue weighted by Crippen LogP contribution is -2.17. The summed E-state index contributed by atoms with van der Waals surface area (Å²) in [6.45, 7) is 0. The quantitative estimate of drug-likeness (QED) is 0.905. The maximum Gasteiger partial charge on any atom is 0.255 e. The van der Waals surface area contributed by atoms with Crippen LogP contribution < -0.4 is 5.32 Å². The molecule has 1 aliphatic heterocycles. The van der Waals surface area contributed by atoms with E-state index in [4.69, 9.17) is 0 Å². The van der Waals surface area contributed by atoms with Crippen LogP contribution >= 0.6 is 0 Å². The third-order valence-electron chi connectivity index (χ3n) is 3.40. The fraction of sp³-hybridized carbons (Fsp3) is 0.0556. The molecule has 0 bridgehead atoms. The number of carbonyl (C=O) groups is 1. The Bertz CT molecular complexity index is 715. The number of hydrogen-bond donors (Lipinski definition) is 2. The molecule has 0 unspecified atom stereocenters. The molecule has 0 spiro atoms. The molecule has 0 aliphatic carbocycles. The van der Waals surface area contributed by atoms with E-state index in [9.17, 15) is 9.90 Å².